The maximum atomic E-state index is 13.9. The van der Waals surface area contributed by atoms with Crippen molar-refractivity contribution in [2.45, 2.75) is 106 Å². The van der Waals surface area contributed by atoms with E-state index in [1.807, 2.05) is 24.4 Å². The first-order chi connectivity index (χ1) is 27.6. The number of carbonyl (C=O) groups excluding carboxylic acids is 3. The summed E-state index contributed by atoms with van der Waals surface area (Å²) in [7, 11) is 3.56. The van der Waals surface area contributed by atoms with Gasteiger partial charge in [0.15, 0.2) is 0 Å². The highest BCUT2D eigenvalue weighted by molar-refractivity contribution is 6.14. The van der Waals surface area contributed by atoms with Gasteiger partial charge in [0.25, 0.3) is 5.91 Å². The molecular formula is C43H49N9O5. The van der Waals surface area contributed by atoms with E-state index in [0.29, 0.717) is 30.3 Å². The number of benzene rings is 1. The Labute approximate surface area is 331 Å². The number of ether oxygens (including phenoxy) is 1. The van der Waals surface area contributed by atoms with Crippen molar-refractivity contribution in [2.24, 2.45) is 5.41 Å². The number of aromatic nitrogens is 4. The van der Waals surface area contributed by atoms with Gasteiger partial charge in [0.05, 0.1) is 30.0 Å². The Morgan fingerprint density at radius 2 is 1.81 bits per heavy atom. The molecule has 0 radical (unpaired) electrons. The molecule has 6 heterocycles. The smallest absolute Gasteiger partial charge is 0.270 e. The maximum Gasteiger partial charge on any atom is 0.270 e. The lowest BCUT2D eigenvalue weighted by atomic mass is 9.33. The quantitative estimate of drug-likeness (QED) is 0.207. The van der Waals surface area contributed by atoms with Gasteiger partial charge in [0.2, 0.25) is 17.8 Å². The fourth-order valence-electron chi connectivity index (χ4n) is 11.3. The summed E-state index contributed by atoms with van der Waals surface area (Å²) >= 11 is 0. The zero-order chi connectivity index (χ0) is 38.8. The van der Waals surface area contributed by atoms with Crippen molar-refractivity contribution in [1.29, 1.82) is 0 Å². The molecule has 3 amide bonds. The molecule has 3 aromatic heterocycles. The molecule has 1 aromatic carbocycles. The van der Waals surface area contributed by atoms with Crippen molar-refractivity contribution in [1.82, 2.24) is 29.7 Å². The second kappa shape index (κ2) is 12.5. The number of rotatable bonds is 10. The normalized spacial score (nSPS) is 28.5. The number of piperidine rings is 1. The van der Waals surface area contributed by atoms with Gasteiger partial charge in [-0.2, -0.15) is 4.98 Å². The van der Waals surface area contributed by atoms with E-state index in [1.165, 1.54) is 11.1 Å². The topological polar surface area (TPSA) is 158 Å². The van der Waals surface area contributed by atoms with E-state index in [0.717, 1.165) is 99.9 Å². The number of anilines is 4. The second-order valence-electron chi connectivity index (χ2n) is 18.3. The van der Waals surface area contributed by atoms with Gasteiger partial charge in [-0.25, -0.2) is 9.97 Å². The average molecular weight is 772 g/mol. The van der Waals surface area contributed by atoms with Gasteiger partial charge in [-0.15, -0.1) is 0 Å². The summed E-state index contributed by atoms with van der Waals surface area (Å²) < 4.78 is 8.62. The molecule has 7 fully saturated rings. The summed E-state index contributed by atoms with van der Waals surface area (Å²) in [6.45, 7) is 2.39. The fourth-order valence-corrected chi connectivity index (χ4v) is 11.3. The largest absolute Gasteiger partial charge is 0.374 e. The number of hydrogen-bond acceptors (Lipinski definition) is 10. The third-order valence-corrected chi connectivity index (χ3v) is 14.2. The molecule has 3 aliphatic heterocycles. The summed E-state index contributed by atoms with van der Waals surface area (Å²) in [4.78, 5) is 59.7. The Kier molecular flexibility index (Phi) is 7.67. The molecule has 57 heavy (non-hydrogen) atoms. The number of nitrogens with one attached hydrogen (secondary N) is 2. The highest BCUT2D eigenvalue weighted by atomic mass is 16.5. The van der Waals surface area contributed by atoms with Crippen LogP contribution >= 0.6 is 0 Å². The summed E-state index contributed by atoms with van der Waals surface area (Å²) in [5.74, 6) is 0.871. The molecule has 4 aromatic rings. The van der Waals surface area contributed by atoms with Crippen molar-refractivity contribution in [2.75, 3.05) is 48.9 Å². The van der Waals surface area contributed by atoms with Gasteiger partial charge in [-0.1, -0.05) is 25.0 Å². The standard InChI is InChI=1S/C43H49N9O5/c1-49(2)38(55)32-16-25-17-45-40(48-36(25)51(32)26-6-3-4-7-26)46-33-12-10-27(18-44-33)50-19-28(20-50)57-24-41-21-42(22-41,23-41)29-8-5-9-30-35(29)43(14-15-43)39(56)52(30)31-11-13-34(53)47-37(31)54/h5,8-10,12,16-18,26,28,31,34,53H,3-4,6-7,11,13-15,19-24H2,1-2H3,(H,47,54)(H,44,45,46,48). The minimum atomic E-state index is -0.844. The Morgan fingerprint density at radius 1 is 1.02 bits per heavy atom. The summed E-state index contributed by atoms with van der Waals surface area (Å²) in [6.07, 6.45) is 13.2. The van der Waals surface area contributed by atoms with Crippen molar-refractivity contribution in [3.63, 3.8) is 0 Å². The molecule has 2 saturated heterocycles. The Hall–Kier alpha value is -5.08. The van der Waals surface area contributed by atoms with Crippen LogP contribution in [-0.2, 0) is 25.2 Å². The Morgan fingerprint density at radius 3 is 2.51 bits per heavy atom. The molecule has 14 heteroatoms. The van der Waals surface area contributed by atoms with Crippen LogP contribution in [0, 0.1) is 5.41 Å². The second-order valence-corrected chi connectivity index (χ2v) is 18.3. The molecule has 5 aliphatic carbocycles. The molecule has 5 saturated carbocycles. The third-order valence-electron chi connectivity index (χ3n) is 14.2. The monoisotopic (exact) mass is 771 g/mol. The van der Waals surface area contributed by atoms with E-state index < -0.39 is 17.7 Å². The van der Waals surface area contributed by atoms with Crippen LogP contribution < -0.4 is 20.4 Å². The zero-order valence-corrected chi connectivity index (χ0v) is 32.5. The van der Waals surface area contributed by atoms with Crippen LogP contribution in [0.25, 0.3) is 11.0 Å². The zero-order valence-electron chi connectivity index (χ0n) is 32.5. The van der Waals surface area contributed by atoms with Crippen LogP contribution in [0.15, 0.2) is 48.8 Å². The number of aliphatic hydroxyl groups excluding tert-OH is 1. The number of pyridine rings is 1. The maximum absolute atomic E-state index is 13.9. The molecule has 2 unspecified atom stereocenters. The molecule has 14 nitrogen and oxygen atoms in total. The highest BCUT2D eigenvalue weighted by Gasteiger charge is 2.71. The number of fused-ring (bicyclic) bond motifs is 3. The van der Waals surface area contributed by atoms with Crippen LogP contribution in [0.5, 0.6) is 0 Å². The van der Waals surface area contributed by atoms with Gasteiger partial charge in [0, 0.05) is 50.5 Å². The summed E-state index contributed by atoms with van der Waals surface area (Å²) in [6, 6.07) is 11.9. The van der Waals surface area contributed by atoms with Crippen LogP contribution in [0.3, 0.4) is 0 Å². The average Bonchev–Trinajstić information content (AvgIpc) is 3.48. The number of hydrogen-bond donors (Lipinski definition) is 3. The Bertz CT molecular complexity index is 2300. The predicted octanol–water partition coefficient (Wildman–Crippen LogP) is 4.69. The van der Waals surface area contributed by atoms with Gasteiger partial charge >= 0.3 is 0 Å². The van der Waals surface area contributed by atoms with E-state index in [4.69, 9.17) is 9.72 Å². The van der Waals surface area contributed by atoms with Crippen LogP contribution in [0.4, 0.5) is 23.1 Å². The summed E-state index contributed by atoms with van der Waals surface area (Å²) in [5, 5.41) is 16.7. The fraction of sp³-hybridized carbons (Fsp3) is 0.535. The first kappa shape index (κ1) is 35.1. The van der Waals surface area contributed by atoms with Gasteiger partial charge in [-0.05, 0) is 104 Å². The lowest BCUT2D eigenvalue weighted by Gasteiger charge is -2.71. The van der Waals surface area contributed by atoms with E-state index >= 15 is 0 Å². The molecule has 2 atom stereocenters. The molecular weight excluding hydrogens is 723 g/mol. The highest BCUT2D eigenvalue weighted by Crippen LogP contribution is 2.76. The van der Waals surface area contributed by atoms with Crippen molar-refractivity contribution >= 4 is 51.9 Å². The molecule has 12 rings (SSSR count). The van der Waals surface area contributed by atoms with Crippen molar-refractivity contribution in [3.8, 4) is 0 Å². The molecule has 3 N–H and O–H groups in total. The van der Waals surface area contributed by atoms with E-state index in [9.17, 15) is 19.5 Å². The van der Waals surface area contributed by atoms with Crippen LogP contribution in [0.2, 0.25) is 0 Å². The SMILES string of the molecule is CN(C)C(=O)c1cc2cnc(Nc3ccc(N4CC(OCC56CC(c7cccc8c7C7(CC7)C(=O)N8C7CCC(O)NC7=O)(C5)C6)C4)cn3)nc2n1C1CCCC1. The molecule has 8 aliphatic rings. The first-order valence-electron chi connectivity index (χ1n) is 20.7. The lowest BCUT2D eigenvalue weighted by Crippen LogP contribution is -2.67. The first-order valence-corrected chi connectivity index (χ1v) is 20.7. The molecule has 1 spiro atoms. The van der Waals surface area contributed by atoms with E-state index in [-0.39, 0.29) is 40.7 Å². The van der Waals surface area contributed by atoms with Gasteiger partial charge in [-0.3, -0.25) is 19.3 Å². The van der Waals surface area contributed by atoms with Crippen LogP contribution in [-0.4, -0.2) is 99.4 Å². The number of aliphatic hydroxyl groups is 1. The third kappa shape index (κ3) is 5.35. The summed E-state index contributed by atoms with van der Waals surface area (Å²) in [5.41, 5.74) is 5.66. The minimum Gasteiger partial charge on any atom is -0.374 e. The van der Waals surface area contributed by atoms with Crippen molar-refractivity contribution in [3.05, 3.63) is 65.6 Å². The van der Waals surface area contributed by atoms with Crippen molar-refractivity contribution < 1.29 is 24.2 Å². The predicted molar refractivity (Wildman–Crippen MR) is 212 cm³/mol. The minimum absolute atomic E-state index is 0.0282. The van der Waals surface area contributed by atoms with Gasteiger partial charge in [0.1, 0.15) is 29.4 Å². The molecule has 2 bridgehead atoms. The number of carbonyl (C=O) groups is 3. The lowest BCUT2D eigenvalue weighted by molar-refractivity contribution is -0.192. The van der Waals surface area contributed by atoms with Gasteiger partial charge < -0.3 is 34.8 Å². The van der Waals surface area contributed by atoms with E-state index in [1.54, 1.807) is 30.1 Å². The molecule has 296 valence electrons. The Balaban J connectivity index is 0.704. The van der Waals surface area contributed by atoms with Crippen LogP contribution in [0.1, 0.15) is 98.3 Å². The number of nitrogens with zero attached hydrogens (tertiary/aromatic N) is 7. The van der Waals surface area contributed by atoms with E-state index in [2.05, 4.69) is 48.3 Å². The number of amides is 3.